The molecule has 1 N–H and O–H groups in total. The largest absolute Gasteiger partial charge is 0.466 e. The summed E-state index contributed by atoms with van der Waals surface area (Å²) in [5.41, 5.74) is 2.51. The molecule has 0 radical (unpaired) electrons. The summed E-state index contributed by atoms with van der Waals surface area (Å²) in [5, 5.41) is 2.93. The Hall–Kier alpha value is -1.88. The zero-order valence-electron chi connectivity index (χ0n) is 15.4. The zero-order chi connectivity index (χ0) is 18.1. The summed E-state index contributed by atoms with van der Waals surface area (Å²) in [6.07, 6.45) is 2.89. The molecular weight excluding hydrogens is 316 g/mol. The lowest BCUT2D eigenvalue weighted by molar-refractivity contribution is -0.148. The van der Waals surface area contributed by atoms with Gasteiger partial charge in [0, 0.05) is 26.1 Å². The first-order valence-corrected chi connectivity index (χ1v) is 9.29. The zero-order valence-corrected chi connectivity index (χ0v) is 15.4. The Balaban J connectivity index is 1.99. The number of nitrogens with zero attached hydrogens (tertiary/aromatic N) is 1. The SMILES string of the molecule is CCOC(=O)C1CCCN(Cc2cccc(C)c2)CCC(=O)NCC1. The van der Waals surface area contributed by atoms with E-state index in [2.05, 4.69) is 41.4 Å². The minimum Gasteiger partial charge on any atom is -0.466 e. The van der Waals surface area contributed by atoms with E-state index >= 15 is 0 Å². The fraction of sp³-hybridized carbons (Fsp3) is 0.600. The standard InChI is InChI=1S/C20H30N2O3/c1-3-25-20(24)18-8-5-12-22(13-10-19(23)21-11-9-18)15-17-7-4-6-16(2)14-17/h4,6-7,14,18H,3,5,8-13,15H2,1-2H3,(H,21,23). The summed E-state index contributed by atoms with van der Waals surface area (Å²) < 4.78 is 5.18. The Morgan fingerprint density at radius 3 is 2.92 bits per heavy atom. The smallest absolute Gasteiger partial charge is 0.308 e. The molecule has 1 aliphatic heterocycles. The Labute approximate surface area is 150 Å². The number of nitrogens with one attached hydrogen (secondary N) is 1. The summed E-state index contributed by atoms with van der Waals surface area (Å²) in [6.45, 7) is 7.32. The van der Waals surface area contributed by atoms with Crippen LogP contribution in [0.1, 0.15) is 43.7 Å². The van der Waals surface area contributed by atoms with Gasteiger partial charge in [0.2, 0.25) is 5.91 Å². The molecule has 5 heteroatoms. The minimum absolute atomic E-state index is 0.0544. The van der Waals surface area contributed by atoms with E-state index in [1.165, 1.54) is 11.1 Å². The molecule has 0 bridgehead atoms. The van der Waals surface area contributed by atoms with E-state index in [1.807, 2.05) is 6.92 Å². The van der Waals surface area contributed by atoms with Crippen LogP contribution in [-0.4, -0.2) is 43.0 Å². The van der Waals surface area contributed by atoms with Crippen LogP contribution in [0.2, 0.25) is 0 Å². The van der Waals surface area contributed by atoms with Gasteiger partial charge < -0.3 is 10.1 Å². The summed E-state index contributed by atoms with van der Waals surface area (Å²) >= 11 is 0. The highest BCUT2D eigenvalue weighted by Gasteiger charge is 2.21. The van der Waals surface area contributed by atoms with Crippen molar-refractivity contribution in [3.8, 4) is 0 Å². The number of amides is 1. The molecule has 1 amide bonds. The first kappa shape index (κ1) is 19.4. The van der Waals surface area contributed by atoms with Crippen LogP contribution in [0.5, 0.6) is 0 Å². The van der Waals surface area contributed by atoms with Crippen LogP contribution in [-0.2, 0) is 20.9 Å². The Bertz CT molecular complexity index is 574. The number of carbonyl (C=O) groups excluding carboxylic acids is 2. The van der Waals surface area contributed by atoms with E-state index in [4.69, 9.17) is 4.74 Å². The maximum absolute atomic E-state index is 12.1. The fourth-order valence-electron chi connectivity index (χ4n) is 3.27. The van der Waals surface area contributed by atoms with Crippen molar-refractivity contribution in [1.29, 1.82) is 0 Å². The molecule has 1 aromatic carbocycles. The van der Waals surface area contributed by atoms with Crippen molar-refractivity contribution in [1.82, 2.24) is 10.2 Å². The second-order valence-electron chi connectivity index (χ2n) is 6.75. The number of hydrogen-bond acceptors (Lipinski definition) is 4. The number of rotatable bonds is 4. The predicted molar refractivity (Wildman–Crippen MR) is 98.1 cm³/mol. The molecule has 138 valence electrons. The first-order chi connectivity index (χ1) is 12.1. The normalized spacial score (nSPS) is 20.4. The van der Waals surface area contributed by atoms with E-state index in [0.29, 0.717) is 26.0 Å². The Morgan fingerprint density at radius 2 is 2.16 bits per heavy atom. The number of aryl methyl sites for hydroxylation is 1. The summed E-state index contributed by atoms with van der Waals surface area (Å²) in [7, 11) is 0. The number of ether oxygens (including phenoxy) is 1. The van der Waals surface area contributed by atoms with Crippen LogP contribution in [0.3, 0.4) is 0 Å². The molecule has 2 rings (SSSR count). The van der Waals surface area contributed by atoms with E-state index < -0.39 is 0 Å². The third-order valence-corrected chi connectivity index (χ3v) is 4.61. The Morgan fingerprint density at radius 1 is 1.32 bits per heavy atom. The second-order valence-corrected chi connectivity index (χ2v) is 6.75. The van der Waals surface area contributed by atoms with Gasteiger partial charge in [-0.05, 0) is 45.2 Å². The average Bonchev–Trinajstić information content (AvgIpc) is 2.61. The molecule has 1 fully saturated rings. The number of benzene rings is 1. The average molecular weight is 346 g/mol. The Kier molecular flexibility index (Phi) is 7.92. The van der Waals surface area contributed by atoms with Crippen LogP contribution in [0.15, 0.2) is 24.3 Å². The van der Waals surface area contributed by atoms with Gasteiger partial charge in [0.25, 0.3) is 0 Å². The maximum atomic E-state index is 12.1. The molecule has 5 nitrogen and oxygen atoms in total. The molecular formula is C20H30N2O3. The monoisotopic (exact) mass is 346 g/mol. The van der Waals surface area contributed by atoms with Crippen LogP contribution in [0.4, 0.5) is 0 Å². The highest BCUT2D eigenvalue weighted by atomic mass is 16.5. The van der Waals surface area contributed by atoms with Gasteiger partial charge in [0.05, 0.1) is 12.5 Å². The molecule has 1 saturated heterocycles. The van der Waals surface area contributed by atoms with Gasteiger partial charge in [0.15, 0.2) is 0 Å². The van der Waals surface area contributed by atoms with Gasteiger partial charge in [-0.2, -0.15) is 0 Å². The third kappa shape index (κ3) is 6.86. The van der Waals surface area contributed by atoms with Crippen LogP contribution in [0.25, 0.3) is 0 Å². The first-order valence-electron chi connectivity index (χ1n) is 9.29. The van der Waals surface area contributed by atoms with Crippen LogP contribution < -0.4 is 5.32 Å². The molecule has 1 aromatic rings. The van der Waals surface area contributed by atoms with E-state index in [-0.39, 0.29) is 17.8 Å². The summed E-state index contributed by atoms with van der Waals surface area (Å²) in [5.74, 6) is -0.209. The number of carbonyl (C=O) groups is 2. The molecule has 0 spiro atoms. The molecule has 0 aliphatic carbocycles. The van der Waals surface area contributed by atoms with E-state index in [0.717, 1.165) is 32.5 Å². The van der Waals surface area contributed by atoms with E-state index in [9.17, 15) is 9.59 Å². The highest BCUT2D eigenvalue weighted by molar-refractivity contribution is 5.76. The van der Waals surface area contributed by atoms with E-state index in [1.54, 1.807) is 0 Å². The maximum Gasteiger partial charge on any atom is 0.308 e. The second kappa shape index (κ2) is 10.2. The topological polar surface area (TPSA) is 58.6 Å². The third-order valence-electron chi connectivity index (χ3n) is 4.61. The molecule has 0 aromatic heterocycles. The lowest BCUT2D eigenvalue weighted by atomic mass is 9.99. The van der Waals surface area contributed by atoms with Crippen LogP contribution >= 0.6 is 0 Å². The van der Waals surface area contributed by atoms with Crippen molar-refractivity contribution in [2.24, 2.45) is 5.92 Å². The molecule has 1 unspecified atom stereocenters. The van der Waals surface area contributed by atoms with Crippen LogP contribution in [0, 0.1) is 12.8 Å². The summed E-state index contributed by atoms with van der Waals surface area (Å²) in [6, 6.07) is 8.47. The predicted octanol–water partition coefficient (Wildman–Crippen LogP) is 2.67. The lowest BCUT2D eigenvalue weighted by Crippen LogP contribution is -2.31. The molecule has 1 aliphatic rings. The van der Waals surface area contributed by atoms with Gasteiger partial charge in [-0.25, -0.2) is 0 Å². The summed E-state index contributed by atoms with van der Waals surface area (Å²) in [4.78, 5) is 26.4. The fourth-order valence-corrected chi connectivity index (χ4v) is 3.27. The molecule has 0 saturated carbocycles. The van der Waals surface area contributed by atoms with Gasteiger partial charge in [-0.15, -0.1) is 0 Å². The van der Waals surface area contributed by atoms with Crippen molar-refractivity contribution < 1.29 is 14.3 Å². The number of hydrogen-bond donors (Lipinski definition) is 1. The van der Waals surface area contributed by atoms with Gasteiger partial charge in [-0.3, -0.25) is 14.5 Å². The van der Waals surface area contributed by atoms with Crippen molar-refractivity contribution in [3.05, 3.63) is 35.4 Å². The van der Waals surface area contributed by atoms with Crippen molar-refractivity contribution >= 4 is 11.9 Å². The quantitative estimate of drug-likeness (QED) is 0.852. The van der Waals surface area contributed by atoms with Crippen molar-refractivity contribution in [2.45, 2.75) is 46.1 Å². The van der Waals surface area contributed by atoms with Gasteiger partial charge >= 0.3 is 5.97 Å². The van der Waals surface area contributed by atoms with Crippen molar-refractivity contribution in [2.75, 3.05) is 26.2 Å². The molecule has 1 atom stereocenters. The molecule has 1 heterocycles. The molecule has 25 heavy (non-hydrogen) atoms. The van der Waals surface area contributed by atoms with Gasteiger partial charge in [0.1, 0.15) is 0 Å². The van der Waals surface area contributed by atoms with Gasteiger partial charge in [-0.1, -0.05) is 29.8 Å². The van der Waals surface area contributed by atoms with Crippen molar-refractivity contribution in [3.63, 3.8) is 0 Å². The lowest BCUT2D eigenvalue weighted by Gasteiger charge is -2.22. The number of esters is 1. The highest BCUT2D eigenvalue weighted by Crippen LogP contribution is 2.16. The minimum atomic E-state index is -0.138.